The molecule has 112 valence electrons. The summed E-state index contributed by atoms with van der Waals surface area (Å²) in [7, 11) is 0. The van der Waals surface area contributed by atoms with Crippen molar-refractivity contribution in [2.75, 3.05) is 13.1 Å². The molecule has 0 aliphatic carbocycles. The number of carbonyl (C=O) groups excluding carboxylic acids is 1. The molecule has 1 atom stereocenters. The van der Waals surface area contributed by atoms with Crippen molar-refractivity contribution in [3.63, 3.8) is 0 Å². The Morgan fingerprint density at radius 1 is 1.05 bits per heavy atom. The third kappa shape index (κ3) is 3.95. The zero-order chi connectivity index (χ0) is 15.0. The van der Waals surface area contributed by atoms with E-state index in [1.165, 1.54) is 0 Å². The first-order chi connectivity index (χ1) is 8.44. The monoisotopic (exact) mass is 268 g/mol. The van der Waals surface area contributed by atoms with Gasteiger partial charge in [0.15, 0.2) is 0 Å². The van der Waals surface area contributed by atoms with Gasteiger partial charge in [0, 0.05) is 24.2 Å². The van der Waals surface area contributed by atoms with Gasteiger partial charge in [-0.25, -0.2) is 0 Å². The maximum absolute atomic E-state index is 12.8. The lowest BCUT2D eigenvalue weighted by Crippen LogP contribution is -2.65. The summed E-state index contributed by atoms with van der Waals surface area (Å²) in [6.07, 6.45) is 0.947. The minimum absolute atomic E-state index is 0.0352. The summed E-state index contributed by atoms with van der Waals surface area (Å²) >= 11 is 0. The van der Waals surface area contributed by atoms with Crippen LogP contribution in [0, 0.1) is 5.92 Å². The third-order valence-electron chi connectivity index (χ3n) is 3.86. The summed E-state index contributed by atoms with van der Waals surface area (Å²) in [6, 6.07) is 0.0352. The largest absolute Gasteiger partial charge is 0.335 e. The molecular weight excluding hydrogens is 236 g/mol. The summed E-state index contributed by atoms with van der Waals surface area (Å²) < 4.78 is 0. The fraction of sp³-hybridized carbons (Fsp3) is 0.938. The van der Waals surface area contributed by atoms with Crippen LogP contribution in [-0.2, 0) is 4.79 Å². The first kappa shape index (κ1) is 16.5. The van der Waals surface area contributed by atoms with Gasteiger partial charge < -0.3 is 4.90 Å². The molecule has 0 radical (unpaired) electrons. The molecule has 1 amide bonds. The molecule has 0 unspecified atom stereocenters. The van der Waals surface area contributed by atoms with E-state index in [2.05, 4.69) is 65.2 Å². The van der Waals surface area contributed by atoms with Crippen molar-refractivity contribution < 1.29 is 4.79 Å². The van der Waals surface area contributed by atoms with Crippen LogP contribution in [0.3, 0.4) is 0 Å². The zero-order valence-corrected chi connectivity index (χ0v) is 14.1. The van der Waals surface area contributed by atoms with Crippen molar-refractivity contribution in [2.45, 2.75) is 78.9 Å². The van der Waals surface area contributed by atoms with Gasteiger partial charge in [0.05, 0.1) is 6.04 Å². The normalized spacial score (nSPS) is 23.3. The second-order valence-corrected chi connectivity index (χ2v) is 8.17. The molecule has 1 saturated heterocycles. The molecule has 3 nitrogen and oxygen atoms in total. The predicted octanol–water partition coefficient (Wildman–Crippen LogP) is 3.14. The van der Waals surface area contributed by atoms with E-state index in [1.807, 2.05) is 0 Å². The molecule has 3 heteroatoms. The molecule has 1 heterocycles. The molecule has 1 aliphatic heterocycles. The Bertz CT molecular complexity index is 323. The standard InChI is InChI=1S/C16H32N2O/c1-12(2)11-13-14(19)18(16(6,7)8)10-9-17(13)15(3,4)5/h12-13H,9-11H2,1-8H3/t13-/m0/s1. The lowest BCUT2D eigenvalue weighted by atomic mass is 9.91. The summed E-state index contributed by atoms with van der Waals surface area (Å²) in [5, 5.41) is 0. The number of hydrogen-bond acceptors (Lipinski definition) is 2. The lowest BCUT2D eigenvalue weighted by Gasteiger charge is -2.51. The minimum Gasteiger partial charge on any atom is -0.335 e. The van der Waals surface area contributed by atoms with E-state index in [0.29, 0.717) is 11.8 Å². The fourth-order valence-corrected chi connectivity index (χ4v) is 2.93. The van der Waals surface area contributed by atoms with Crippen molar-refractivity contribution in [2.24, 2.45) is 5.92 Å². The highest BCUT2D eigenvalue weighted by molar-refractivity contribution is 5.83. The predicted molar refractivity (Wildman–Crippen MR) is 81.2 cm³/mol. The van der Waals surface area contributed by atoms with E-state index in [4.69, 9.17) is 0 Å². The Labute approximate surface area is 119 Å². The number of amides is 1. The van der Waals surface area contributed by atoms with E-state index in [0.717, 1.165) is 19.5 Å². The van der Waals surface area contributed by atoms with Gasteiger partial charge in [0.1, 0.15) is 0 Å². The number of rotatable bonds is 2. The molecule has 0 aromatic carbocycles. The quantitative estimate of drug-likeness (QED) is 0.768. The summed E-state index contributed by atoms with van der Waals surface area (Å²) in [5.41, 5.74) is -0.0184. The van der Waals surface area contributed by atoms with Crippen molar-refractivity contribution in [1.29, 1.82) is 0 Å². The summed E-state index contributed by atoms with van der Waals surface area (Å²) in [6.45, 7) is 19.2. The highest BCUT2D eigenvalue weighted by atomic mass is 16.2. The average molecular weight is 268 g/mol. The maximum atomic E-state index is 12.8. The van der Waals surface area contributed by atoms with E-state index in [9.17, 15) is 4.79 Å². The van der Waals surface area contributed by atoms with E-state index in [1.54, 1.807) is 0 Å². The Hall–Kier alpha value is -0.570. The smallest absolute Gasteiger partial charge is 0.240 e. The van der Waals surface area contributed by atoms with Crippen LogP contribution < -0.4 is 0 Å². The van der Waals surface area contributed by atoms with Crippen molar-refractivity contribution in [1.82, 2.24) is 9.80 Å². The molecule has 1 fully saturated rings. The van der Waals surface area contributed by atoms with Gasteiger partial charge in [-0.2, -0.15) is 0 Å². The molecule has 0 spiro atoms. The van der Waals surface area contributed by atoms with Gasteiger partial charge >= 0.3 is 0 Å². The van der Waals surface area contributed by atoms with Crippen LogP contribution in [-0.4, -0.2) is 45.9 Å². The Balaban J connectivity index is 3.00. The zero-order valence-electron chi connectivity index (χ0n) is 14.1. The SMILES string of the molecule is CC(C)C[C@H]1C(=O)N(C(C)(C)C)CCN1C(C)(C)C. The highest BCUT2D eigenvalue weighted by Gasteiger charge is 2.42. The highest BCUT2D eigenvalue weighted by Crippen LogP contribution is 2.29. The number of carbonyl (C=O) groups is 1. The number of nitrogens with zero attached hydrogens (tertiary/aromatic N) is 2. The molecular formula is C16H32N2O. The summed E-state index contributed by atoms with van der Waals surface area (Å²) in [4.78, 5) is 17.3. The lowest BCUT2D eigenvalue weighted by molar-refractivity contribution is -0.152. The molecule has 0 aromatic heterocycles. The third-order valence-corrected chi connectivity index (χ3v) is 3.86. The maximum Gasteiger partial charge on any atom is 0.240 e. The van der Waals surface area contributed by atoms with Crippen LogP contribution in [0.4, 0.5) is 0 Å². The Kier molecular flexibility index (Phi) is 4.71. The van der Waals surface area contributed by atoms with Gasteiger partial charge in [-0.15, -0.1) is 0 Å². The van der Waals surface area contributed by atoms with Gasteiger partial charge in [-0.1, -0.05) is 13.8 Å². The average Bonchev–Trinajstić information content (AvgIpc) is 2.16. The first-order valence-corrected chi connectivity index (χ1v) is 7.53. The van der Waals surface area contributed by atoms with Gasteiger partial charge in [-0.05, 0) is 53.9 Å². The van der Waals surface area contributed by atoms with Gasteiger partial charge in [0.25, 0.3) is 0 Å². The Morgan fingerprint density at radius 3 is 1.95 bits per heavy atom. The van der Waals surface area contributed by atoms with Crippen LogP contribution in [0.5, 0.6) is 0 Å². The summed E-state index contributed by atoms with van der Waals surface area (Å²) in [5.74, 6) is 0.848. The van der Waals surface area contributed by atoms with E-state index in [-0.39, 0.29) is 17.1 Å². The molecule has 1 rings (SSSR count). The molecule has 0 aromatic rings. The molecule has 0 saturated carbocycles. The van der Waals surface area contributed by atoms with Crippen molar-refractivity contribution in [3.05, 3.63) is 0 Å². The fourth-order valence-electron chi connectivity index (χ4n) is 2.93. The van der Waals surface area contributed by atoms with Crippen LogP contribution in [0.2, 0.25) is 0 Å². The molecule has 0 N–H and O–H groups in total. The topological polar surface area (TPSA) is 23.6 Å². The van der Waals surface area contributed by atoms with Gasteiger partial charge in [0.2, 0.25) is 5.91 Å². The van der Waals surface area contributed by atoms with Crippen LogP contribution in [0.1, 0.15) is 61.8 Å². The van der Waals surface area contributed by atoms with Crippen LogP contribution in [0.15, 0.2) is 0 Å². The van der Waals surface area contributed by atoms with Crippen LogP contribution >= 0.6 is 0 Å². The Morgan fingerprint density at radius 2 is 1.58 bits per heavy atom. The van der Waals surface area contributed by atoms with Crippen molar-refractivity contribution >= 4 is 5.91 Å². The van der Waals surface area contributed by atoms with E-state index >= 15 is 0 Å². The van der Waals surface area contributed by atoms with E-state index < -0.39 is 0 Å². The molecule has 0 bridgehead atoms. The number of hydrogen-bond donors (Lipinski definition) is 0. The van der Waals surface area contributed by atoms with Crippen molar-refractivity contribution in [3.8, 4) is 0 Å². The molecule has 1 aliphatic rings. The minimum atomic E-state index is -0.0731. The van der Waals surface area contributed by atoms with Crippen LogP contribution in [0.25, 0.3) is 0 Å². The second-order valence-electron chi connectivity index (χ2n) is 8.17. The molecule has 19 heavy (non-hydrogen) atoms. The second kappa shape index (κ2) is 5.43. The number of piperazine rings is 1. The first-order valence-electron chi connectivity index (χ1n) is 7.53. The van der Waals surface area contributed by atoms with Gasteiger partial charge in [-0.3, -0.25) is 9.69 Å².